The van der Waals surface area contributed by atoms with Gasteiger partial charge in [-0.1, -0.05) is 218 Å². The molecule has 4 nitrogen and oxygen atoms in total. The molecule has 4 heterocycles. The van der Waals surface area contributed by atoms with E-state index in [1.165, 1.54) is 133 Å². The topological polar surface area (TPSA) is 19.7 Å². The molecule has 0 spiro atoms. The highest BCUT2D eigenvalue weighted by Crippen LogP contribution is 2.60. The van der Waals surface area contributed by atoms with Crippen LogP contribution >= 0.6 is 0 Å². The molecule has 6 aliphatic carbocycles. The molecular formula is C88H56N4. The van der Waals surface area contributed by atoms with Crippen molar-refractivity contribution in [3.05, 3.63) is 382 Å². The van der Waals surface area contributed by atoms with Crippen LogP contribution in [0, 0.1) is 0 Å². The molecule has 6 aliphatic rings. The smallest absolute Gasteiger partial charge is 0.0645 e. The second-order valence-electron chi connectivity index (χ2n) is 25.3. The summed E-state index contributed by atoms with van der Waals surface area (Å²) < 4.78 is 51.6. The third-order valence-electron chi connectivity index (χ3n) is 21.0. The maximum Gasteiger partial charge on any atom is 0.0645 e. The number of nitrogens with zero attached hydrogens (tertiary/aromatic N) is 4. The Bertz CT molecular complexity index is 6380. The van der Waals surface area contributed by atoms with Crippen LogP contribution in [0.25, 0.3) is 110 Å². The van der Waals surface area contributed by atoms with Gasteiger partial charge in [0.2, 0.25) is 0 Å². The van der Waals surface area contributed by atoms with Gasteiger partial charge in [-0.3, -0.25) is 0 Å². The number of hydrogen-bond acceptors (Lipinski definition) is 0. The lowest BCUT2D eigenvalue weighted by Crippen LogP contribution is -2.27. The zero-order valence-corrected chi connectivity index (χ0v) is 49.7. The summed E-state index contributed by atoms with van der Waals surface area (Å²) >= 11 is 0. The Morgan fingerprint density at radius 1 is 0.207 bits per heavy atom. The molecule has 428 valence electrons. The monoisotopic (exact) mass is 1170 g/mol. The van der Waals surface area contributed by atoms with Gasteiger partial charge in [-0.25, -0.2) is 0 Å². The molecule has 0 radical (unpaired) electrons. The van der Waals surface area contributed by atoms with Crippen LogP contribution in [0.4, 0.5) is 0 Å². The van der Waals surface area contributed by atoms with Gasteiger partial charge in [-0.05, 0) is 164 Å². The van der Waals surface area contributed by atoms with E-state index in [1.807, 2.05) is 34.9 Å². The molecule has 0 saturated carbocycles. The molecule has 0 N–H and O–H groups in total. The Kier molecular flexibility index (Phi) is 9.36. The highest BCUT2D eigenvalue weighted by molar-refractivity contribution is 6.16. The molecule has 0 aliphatic heterocycles. The van der Waals surface area contributed by atoms with Gasteiger partial charge < -0.3 is 18.3 Å². The summed E-state index contributed by atoms with van der Waals surface area (Å²) in [4.78, 5) is 0. The van der Waals surface area contributed by atoms with Crippen molar-refractivity contribution in [2.45, 2.75) is 23.7 Å². The second-order valence-corrected chi connectivity index (χ2v) is 25.3. The molecule has 0 fully saturated rings. The standard InChI is InChI=1S/2C44H28N2/c2*1-2-12-27(13-3-1)45-37-20-10-8-14-29(37)36-26-28(22-24-39(36)45)46-38-21-11-9-19-34(38)43-40(46)25-23-35-41-30-15-4-6-17-32(30)42(44(35)43)33-18-7-5-16-31(33)41/h2*1-26,41-42H/i1D,2D,3D,12D,13D;. The Labute approximate surface area is 538 Å². The predicted molar refractivity (Wildman–Crippen MR) is 380 cm³/mol. The van der Waals surface area contributed by atoms with Gasteiger partial charge in [-0.2, -0.15) is 0 Å². The van der Waals surface area contributed by atoms with Crippen LogP contribution in [-0.2, 0) is 0 Å². The summed E-state index contributed by atoms with van der Waals surface area (Å²) in [5, 5.41) is 9.64. The maximum atomic E-state index is 8.80. The van der Waals surface area contributed by atoms with Gasteiger partial charge in [-0.15, -0.1) is 0 Å². The van der Waals surface area contributed by atoms with Crippen molar-refractivity contribution < 1.29 is 6.85 Å². The zero-order chi connectivity index (χ0) is 64.2. The minimum atomic E-state index is -0.398. The molecule has 4 aromatic heterocycles. The summed E-state index contributed by atoms with van der Waals surface area (Å²) in [6, 6.07) is 102. The van der Waals surface area contributed by atoms with E-state index in [0.717, 1.165) is 38.5 Å². The number of aromatic nitrogens is 4. The van der Waals surface area contributed by atoms with Crippen LogP contribution in [0.1, 0.15) is 97.3 Å². The van der Waals surface area contributed by atoms with E-state index in [0.29, 0.717) is 0 Å². The molecule has 4 bridgehead atoms. The number of benzene rings is 14. The molecular weight excluding hydrogens is 1110 g/mol. The van der Waals surface area contributed by atoms with Crippen molar-refractivity contribution >= 4 is 87.2 Å². The number of fused-ring (bicyclic) bond motifs is 12. The van der Waals surface area contributed by atoms with Crippen LogP contribution in [0.5, 0.6) is 0 Å². The average molecular weight is 1170 g/mol. The van der Waals surface area contributed by atoms with E-state index < -0.39 is 6.04 Å². The van der Waals surface area contributed by atoms with Crippen molar-refractivity contribution in [2.24, 2.45) is 0 Å². The lowest BCUT2D eigenvalue weighted by atomic mass is 9.60. The minimum absolute atomic E-state index is 0.137. The van der Waals surface area contributed by atoms with E-state index in [1.54, 1.807) is 0 Å². The highest BCUT2D eigenvalue weighted by Gasteiger charge is 2.44. The average Bonchev–Trinajstić information content (AvgIpc) is 1.56. The summed E-state index contributed by atoms with van der Waals surface area (Å²) in [7, 11) is 0. The Morgan fingerprint density at radius 3 is 0.924 bits per heavy atom. The SMILES string of the molecule is [2H]c1c([2H])c([2H])c(-n2c3ccccc3c3cc(-n4c5ccccc5c5c6c(ccc54)C4c5ccccc5C6c5ccccc54)ccc32)c([2H])c1[2H].c1ccc(-n2c3ccccc3c3cc(-n4c5ccccc5c5c6c(ccc54)C4c5ccccc5C6c5ccccc54)ccc32)cc1. The molecule has 0 atom stereocenters. The number of para-hydroxylation sites is 6. The first-order valence-electron chi connectivity index (χ1n) is 34.5. The fourth-order valence-electron chi connectivity index (χ4n) is 17.6. The fourth-order valence-corrected chi connectivity index (χ4v) is 17.6. The molecule has 14 aromatic carbocycles. The lowest BCUT2D eigenvalue weighted by molar-refractivity contribution is 0.761. The Balaban J connectivity index is 0.000000129. The Morgan fingerprint density at radius 2 is 0.511 bits per heavy atom. The van der Waals surface area contributed by atoms with E-state index in [9.17, 15) is 0 Å². The van der Waals surface area contributed by atoms with E-state index >= 15 is 0 Å². The van der Waals surface area contributed by atoms with E-state index in [-0.39, 0.29) is 53.5 Å². The fraction of sp³-hybridized carbons (Fsp3) is 0.0455. The van der Waals surface area contributed by atoms with E-state index in [2.05, 4.69) is 268 Å². The summed E-state index contributed by atoms with van der Waals surface area (Å²) in [5.41, 5.74) is 29.5. The normalized spacial score (nSPS) is 17.0. The maximum absolute atomic E-state index is 8.80. The first kappa shape index (κ1) is 45.5. The van der Waals surface area contributed by atoms with Crippen molar-refractivity contribution in [1.29, 1.82) is 0 Å². The summed E-state index contributed by atoms with van der Waals surface area (Å²) in [6.45, 7) is 0. The molecule has 92 heavy (non-hydrogen) atoms. The van der Waals surface area contributed by atoms with Gasteiger partial charge >= 0.3 is 0 Å². The van der Waals surface area contributed by atoms with Crippen LogP contribution in [-0.4, -0.2) is 18.3 Å². The van der Waals surface area contributed by atoms with Crippen molar-refractivity contribution in [1.82, 2.24) is 18.3 Å². The first-order chi connectivity index (χ1) is 47.8. The summed E-state index contributed by atoms with van der Waals surface area (Å²) in [5.74, 6) is 0.812. The van der Waals surface area contributed by atoms with Crippen LogP contribution in [0.2, 0.25) is 0 Å². The lowest BCUT2D eigenvalue weighted by Gasteiger charge is -2.42. The van der Waals surface area contributed by atoms with Gasteiger partial charge in [0.25, 0.3) is 0 Å². The van der Waals surface area contributed by atoms with Gasteiger partial charge in [0.15, 0.2) is 0 Å². The minimum Gasteiger partial charge on any atom is -0.309 e. The molecule has 18 aromatic rings. The predicted octanol–water partition coefficient (Wildman–Crippen LogP) is 21.7. The third kappa shape index (κ3) is 6.69. The van der Waals surface area contributed by atoms with Crippen molar-refractivity contribution in [3.8, 4) is 22.7 Å². The van der Waals surface area contributed by atoms with Gasteiger partial charge in [0.1, 0.15) is 0 Å². The van der Waals surface area contributed by atoms with Crippen molar-refractivity contribution in [2.75, 3.05) is 0 Å². The zero-order valence-electron chi connectivity index (χ0n) is 54.7. The molecule has 0 amide bonds. The number of hydrogen-bond donors (Lipinski definition) is 0. The van der Waals surface area contributed by atoms with Gasteiger partial charge in [0.05, 0.1) is 51.0 Å². The number of rotatable bonds is 4. The van der Waals surface area contributed by atoms with Gasteiger partial charge in [0, 0.05) is 89.5 Å². The molecule has 0 saturated heterocycles. The van der Waals surface area contributed by atoms with Crippen LogP contribution in [0.15, 0.2) is 315 Å². The van der Waals surface area contributed by atoms with Crippen molar-refractivity contribution in [3.63, 3.8) is 0 Å². The van der Waals surface area contributed by atoms with Crippen LogP contribution in [0.3, 0.4) is 0 Å². The molecule has 4 heteroatoms. The molecule has 24 rings (SSSR count). The highest BCUT2D eigenvalue weighted by atomic mass is 15.0. The second kappa shape index (κ2) is 18.9. The summed E-state index contributed by atoms with van der Waals surface area (Å²) in [6.07, 6.45) is 0. The molecule has 0 unspecified atom stereocenters. The largest absolute Gasteiger partial charge is 0.309 e. The van der Waals surface area contributed by atoms with Crippen LogP contribution < -0.4 is 0 Å². The first-order valence-corrected chi connectivity index (χ1v) is 32.0. The quantitative estimate of drug-likeness (QED) is 0.167. The Hall–Kier alpha value is -11.7. The third-order valence-corrected chi connectivity index (χ3v) is 21.0. The van der Waals surface area contributed by atoms with E-state index in [4.69, 9.17) is 6.85 Å².